The van der Waals surface area contributed by atoms with Gasteiger partial charge in [-0.3, -0.25) is 0 Å². The average molecular weight is 267 g/mol. The van der Waals surface area contributed by atoms with Crippen LogP contribution in [0, 0.1) is 11.7 Å². The van der Waals surface area contributed by atoms with Crippen molar-refractivity contribution in [2.75, 3.05) is 19.8 Å². The van der Waals surface area contributed by atoms with Gasteiger partial charge in [0, 0.05) is 19.3 Å². The molecule has 0 aliphatic rings. The van der Waals surface area contributed by atoms with Crippen LogP contribution < -0.4 is 5.32 Å². The highest BCUT2D eigenvalue weighted by atomic mass is 19.1. The van der Waals surface area contributed by atoms with Crippen molar-refractivity contribution in [1.29, 1.82) is 0 Å². The molecule has 0 saturated heterocycles. The molecule has 0 spiro atoms. The first-order valence-electron chi connectivity index (χ1n) is 7.20. The zero-order chi connectivity index (χ0) is 14.1. The molecule has 1 N–H and O–H groups in total. The normalized spacial score (nSPS) is 12.9. The summed E-state index contributed by atoms with van der Waals surface area (Å²) >= 11 is 0. The maximum atomic E-state index is 12.9. The summed E-state index contributed by atoms with van der Waals surface area (Å²) in [6, 6.07) is 7.04. The highest BCUT2D eigenvalue weighted by Gasteiger charge is 2.07. The third-order valence-electron chi connectivity index (χ3n) is 2.99. The number of rotatable bonds is 9. The van der Waals surface area contributed by atoms with Gasteiger partial charge in [-0.05, 0) is 43.0 Å². The SMILES string of the molecule is CCC(NCCCOCC(C)C)c1ccc(F)cc1. The molecule has 3 heteroatoms. The topological polar surface area (TPSA) is 21.3 Å². The minimum absolute atomic E-state index is 0.180. The van der Waals surface area contributed by atoms with E-state index in [2.05, 4.69) is 26.1 Å². The van der Waals surface area contributed by atoms with Crippen molar-refractivity contribution in [1.82, 2.24) is 5.32 Å². The van der Waals surface area contributed by atoms with Gasteiger partial charge >= 0.3 is 0 Å². The maximum Gasteiger partial charge on any atom is 0.123 e. The Labute approximate surface area is 116 Å². The van der Waals surface area contributed by atoms with Gasteiger partial charge in [-0.25, -0.2) is 4.39 Å². The van der Waals surface area contributed by atoms with Gasteiger partial charge in [-0.1, -0.05) is 32.9 Å². The number of benzene rings is 1. The van der Waals surface area contributed by atoms with Gasteiger partial charge in [0.2, 0.25) is 0 Å². The predicted molar refractivity (Wildman–Crippen MR) is 77.7 cm³/mol. The first-order chi connectivity index (χ1) is 9.13. The largest absolute Gasteiger partial charge is 0.381 e. The molecule has 2 nitrogen and oxygen atoms in total. The van der Waals surface area contributed by atoms with E-state index in [1.54, 1.807) is 0 Å². The molecule has 0 aliphatic heterocycles. The minimum atomic E-state index is -0.180. The van der Waals surface area contributed by atoms with E-state index < -0.39 is 0 Å². The van der Waals surface area contributed by atoms with Crippen molar-refractivity contribution in [3.63, 3.8) is 0 Å². The lowest BCUT2D eigenvalue weighted by atomic mass is 10.0. The summed E-state index contributed by atoms with van der Waals surface area (Å²) in [5, 5.41) is 3.49. The van der Waals surface area contributed by atoms with Crippen molar-refractivity contribution < 1.29 is 9.13 Å². The van der Waals surface area contributed by atoms with E-state index in [0.29, 0.717) is 12.0 Å². The Morgan fingerprint density at radius 2 is 1.89 bits per heavy atom. The van der Waals surface area contributed by atoms with Gasteiger partial charge in [0.15, 0.2) is 0 Å². The third kappa shape index (κ3) is 6.69. The van der Waals surface area contributed by atoms with Crippen LogP contribution in [-0.2, 0) is 4.74 Å². The smallest absolute Gasteiger partial charge is 0.123 e. The lowest BCUT2D eigenvalue weighted by Gasteiger charge is -2.17. The fourth-order valence-electron chi connectivity index (χ4n) is 1.96. The first-order valence-corrected chi connectivity index (χ1v) is 7.20. The number of nitrogens with one attached hydrogen (secondary N) is 1. The van der Waals surface area contributed by atoms with E-state index in [4.69, 9.17) is 4.74 Å². The number of halogens is 1. The van der Waals surface area contributed by atoms with Gasteiger partial charge in [0.05, 0.1) is 0 Å². The number of hydrogen-bond donors (Lipinski definition) is 1. The molecule has 108 valence electrons. The summed E-state index contributed by atoms with van der Waals surface area (Å²) < 4.78 is 18.4. The molecule has 1 unspecified atom stereocenters. The van der Waals surface area contributed by atoms with E-state index >= 15 is 0 Å². The lowest BCUT2D eigenvalue weighted by Crippen LogP contribution is -2.23. The average Bonchev–Trinajstić information content (AvgIpc) is 2.39. The molecule has 1 aromatic carbocycles. The lowest BCUT2D eigenvalue weighted by molar-refractivity contribution is 0.107. The van der Waals surface area contributed by atoms with Crippen molar-refractivity contribution in [2.45, 2.75) is 39.7 Å². The second-order valence-electron chi connectivity index (χ2n) is 5.29. The molecule has 19 heavy (non-hydrogen) atoms. The van der Waals surface area contributed by atoms with Crippen LogP contribution in [0.4, 0.5) is 4.39 Å². The molecule has 0 saturated carbocycles. The Morgan fingerprint density at radius 3 is 2.47 bits per heavy atom. The van der Waals surface area contributed by atoms with Gasteiger partial charge in [0.1, 0.15) is 5.82 Å². The maximum absolute atomic E-state index is 12.9. The highest BCUT2D eigenvalue weighted by molar-refractivity contribution is 5.19. The minimum Gasteiger partial charge on any atom is -0.381 e. The van der Waals surface area contributed by atoms with E-state index in [1.165, 1.54) is 12.1 Å². The van der Waals surface area contributed by atoms with Crippen LogP contribution >= 0.6 is 0 Å². The summed E-state index contributed by atoms with van der Waals surface area (Å²) in [5.74, 6) is 0.413. The van der Waals surface area contributed by atoms with Crippen molar-refractivity contribution >= 4 is 0 Å². The fourth-order valence-corrected chi connectivity index (χ4v) is 1.96. The van der Waals surface area contributed by atoms with Crippen molar-refractivity contribution in [3.8, 4) is 0 Å². The quantitative estimate of drug-likeness (QED) is 0.684. The fraction of sp³-hybridized carbons (Fsp3) is 0.625. The Morgan fingerprint density at radius 1 is 1.21 bits per heavy atom. The summed E-state index contributed by atoms with van der Waals surface area (Å²) in [5.41, 5.74) is 1.15. The van der Waals surface area contributed by atoms with Crippen molar-refractivity contribution in [3.05, 3.63) is 35.6 Å². The Balaban J connectivity index is 2.24. The van der Waals surface area contributed by atoms with Crippen LogP contribution in [0.25, 0.3) is 0 Å². The molecule has 0 heterocycles. The molecular weight excluding hydrogens is 241 g/mol. The molecule has 0 aromatic heterocycles. The third-order valence-corrected chi connectivity index (χ3v) is 2.99. The molecule has 0 fully saturated rings. The Bertz CT molecular complexity index is 337. The van der Waals surface area contributed by atoms with Gasteiger partial charge in [-0.15, -0.1) is 0 Å². The first kappa shape index (κ1) is 16.1. The molecular formula is C16H26FNO. The molecule has 0 bridgehead atoms. The van der Waals surface area contributed by atoms with Crippen LogP contribution in [0.2, 0.25) is 0 Å². The molecule has 1 aromatic rings. The molecule has 0 radical (unpaired) electrons. The van der Waals surface area contributed by atoms with E-state index in [9.17, 15) is 4.39 Å². The summed E-state index contributed by atoms with van der Waals surface area (Å²) in [6.45, 7) is 8.99. The summed E-state index contributed by atoms with van der Waals surface area (Å²) in [6.07, 6.45) is 2.00. The van der Waals surface area contributed by atoms with Crippen LogP contribution in [0.3, 0.4) is 0 Å². The van der Waals surface area contributed by atoms with E-state index in [0.717, 1.165) is 38.2 Å². The van der Waals surface area contributed by atoms with Crippen molar-refractivity contribution in [2.24, 2.45) is 5.92 Å². The molecule has 0 aliphatic carbocycles. The second kappa shape index (κ2) is 9.05. The monoisotopic (exact) mass is 267 g/mol. The van der Waals surface area contributed by atoms with E-state index in [1.807, 2.05) is 12.1 Å². The molecule has 1 atom stereocenters. The highest BCUT2D eigenvalue weighted by Crippen LogP contribution is 2.16. The number of ether oxygens (including phenoxy) is 1. The summed E-state index contributed by atoms with van der Waals surface area (Å²) in [4.78, 5) is 0. The zero-order valence-electron chi connectivity index (χ0n) is 12.3. The van der Waals surface area contributed by atoms with Gasteiger partial charge in [-0.2, -0.15) is 0 Å². The second-order valence-corrected chi connectivity index (χ2v) is 5.29. The zero-order valence-corrected chi connectivity index (χ0v) is 12.3. The Hall–Kier alpha value is -0.930. The van der Waals surface area contributed by atoms with Gasteiger partial charge < -0.3 is 10.1 Å². The summed E-state index contributed by atoms with van der Waals surface area (Å²) in [7, 11) is 0. The van der Waals surface area contributed by atoms with Crippen LogP contribution in [0.5, 0.6) is 0 Å². The van der Waals surface area contributed by atoms with Crippen LogP contribution in [-0.4, -0.2) is 19.8 Å². The van der Waals surface area contributed by atoms with Crippen LogP contribution in [0.1, 0.15) is 45.2 Å². The van der Waals surface area contributed by atoms with E-state index in [-0.39, 0.29) is 5.82 Å². The van der Waals surface area contributed by atoms with Gasteiger partial charge in [0.25, 0.3) is 0 Å². The number of hydrogen-bond acceptors (Lipinski definition) is 2. The Kier molecular flexibility index (Phi) is 7.68. The standard InChI is InChI=1S/C16H26FNO/c1-4-16(14-6-8-15(17)9-7-14)18-10-5-11-19-12-13(2)3/h6-9,13,16,18H,4-5,10-12H2,1-3H3. The van der Waals surface area contributed by atoms with Crippen LogP contribution in [0.15, 0.2) is 24.3 Å². The molecule has 0 amide bonds. The predicted octanol–water partition coefficient (Wildman–Crippen LogP) is 3.93. The molecule has 1 rings (SSSR count).